The van der Waals surface area contributed by atoms with Crippen LogP contribution in [-0.2, 0) is 11.2 Å². The first kappa shape index (κ1) is 16.1. The van der Waals surface area contributed by atoms with Crippen molar-refractivity contribution in [2.45, 2.75) is 19.4 Å². The molecule has 0 aliphatic heterocycles. The van der Waals surface area contributed by atoms with Crippen molar-refractivity contribution in [2.24, 2.45) is 0 Å². The van der Waals surface area contributed by atoms with Crippen molar-refractivity contribution in [3.05, 3.63) is 71.0 Å². The second kappa shape index (κ2) is 7.23. The van der Waals surface area contributed by atoms with E-state index in [2.05, 4.69) is 20.8 Å². The molecule has 2 aromatic carbocycles. The molecular weight excluding hydrogens is 326 g/mol. The fraction of sp³-hybridized carbons (Fsp3) is 0.176. The smallest absolute Gasteiger partial charge is 0.224 e. The molecule has 1 N–H and O–H groups in total. The van der Waals surface area contributed by atoms with Crippen LogP contribution in [0, 0.1) is 0 Å². The first-order valence-corrected chi connectivity index (χ1v) is 7.87. The van der Waals surface area contributed by atoms with E-state index in [4.69, 9.17) is 11.6 Å². The van der Waals surface area contributed by atoms with Gasteiger partial charge in [-0.05, 0) is 52.7 Å². The van der Waals surface area contributed by atoms with Gasteiger partial charge in [0.15, 0.2) is 0 Å². The normalized spacial score (nSPS) is 11.9. The fourth-order valence-electron chi connectivity index (χ4n) is 2.36. The van der Waals surface area contributed by atoms with E-state index in [1.54, 1.807) is 4.68 Å². The lowest BCUT2D eigenvalue weighted by molar-refractivity contribution is -0.121. The zero-order chi connectivity index (χ0) is 16.9. The van der Waals surface area contributed by atoms with Crippen molar-refractivity contribution >= 4 is 17.5 Å². The number of rotatable bonds is 5. The predicted molar refractivity (Wildman–Crippen MR) is 90.9 cm³/mol. The lowest BCUT2D eigenvalue weighted by atomic mass is 10.1. The molecule has 7 heteroatoms. The van der Waals surface area contributed by atoms with Crippen LogP contribution in [0.3, 0.4) is 0 Å². The lowest BCUT2D eigenvalue weighted by Gasteiger charge is -2.14. The molecule has 1 atom stereocenters. The first-order valence-electron chi connectivity index (χ1n) is 7.49. The van der Waals surface area contributed by atoms with Crippen molar-refractivity contribution in [3.63, 3.8) is 0 Å². The molecule has 122 valence electrons. The minimum Gasteiger partial charge on any atom is -0.349 e. The van der Waals surface area contributed by atoms with Crippen LogP contribution in [0.4, 0.5) is 0 Å². The molecule has 1 aromatic heterocycles. The zero-order valence-corrected chi connectivity index (χ0v) is 13.8. The van der Waals surface area contributed by atoms with Gasteiger partial charge in [-0.15, -0.1) is 5.10 Å². The average Bonchev–Trinajstić information content (AvgIpc) is 3.10. The molecule has 0 aliphatic rings. The summed E-state index contributed by atoms with van der Waals surface area (Å²) in [5.41, 5.74) is 2.79. The largest absolute Gasteiger partial charge is 0.349 e. The standard InChI is InChI=1S/C17H16ClN5O/c1-12(14-4-6-15(18)7-5-14)20-17(24)10-13-2-8-16(9-3-13)23-11-19-21-22-23/h2-9,11-12H,10H2,1H3,(H,20,24)/t12-/m1/s1. The first-order chi connectivity index (χ1) is 11.6. The van der Waals surface area contributed by atoms with Crippen molar-refractivity contribution in [2.75, 3.05) is 0 Å². The van der Waals surface area contributed by atoms with E-state index < -0.39 is 0 Å². The second-order valence-corrected chi connectivity index (χ2v) is 5.87. The highest BCUT2D eigenvalue weighted by Crippen LogP contribution is 2.16. The van der Waals surface area contributed by atoms with E-state index in [0.717, 1.165) is 16.8 Å². The molecular formula is C17H16ClN5O. The molecule has 0 bridgehead atoms. The third-order valence-electron chi connectivity index (χ3n) is 3.66. The van der Waals surface area contributed by atoms with Crippen LogP contribution in [0.2, 0.25) is 5.02 Å². The predicted octanol–water partition coefficient (Wildman–Crippen LogP) is 2.74. The summed E-state index contributed by atoms with van der Waals surface area (Å²) in [5.74, 6) is -0.0346. The van der Waals surface area contributed by atoms with Gasteiger partial charge in [-0.25, -0.2) is 4.68 Å². The Morgan fingerprint density at radius 1 is 1.17 bits per heavy atom. The van der Waals surface area contributed by atoms with Crippen LogP contribution in [0.1, 0.15) is 24.1 Å². The summed E-state index contributed by atoms with van der Waals surface area (Å²) >= 11 is 5.88. The van der Waals surface area contributed by atoms with Crippen LogP contribution in [0.15, 0.2) is 54.9 Å². The maximum absolute atomic E-state index is 12.2. The van der Waals surface area contributed by atoms with Gasteiger partial charge < -0.3 is 5.32 Å². The number of halogens is 1. The van der Waals surface area contributed by atoms with Gasteiger partial charge in [0.25, 0.3) is 0 Å². The summed E-state index contributed by atoms with van der Waals surface area (Å²) in [4.78, 5) is 12.2. The van der Waals surface area contributed by atoms with Gasteiger partial charge in [-0.2, -0.15) is 0 Å². The van der Waals surface area contributed by atoms with Crippen molar-refractivity contribution < 1.29 is 4.79 Å². The number of benzene rings is 2. The minimum atomic E-state index is -0.0738. The van der Waals surface area contributed by atoms with Gasteiger partial charge in [-0.1, -0.05) is 35.9 Å². The van der Waals surface area contributed by atoms with Gasteiger partial charge in [0.1, 0.15) is 6.33 Å². The Bertz CT molecular complexity index is 800. The highest BCUT2D eigenvalue weighted by Gasteiger charge is 2.10. The van der Waals surface area contributed by atoms with E-state index in [1.807, 2.05) is 55.5 Å². The Labute approximate surface area is 144 Å². The number of nitrogens with zero attached hydrogens (tertiary/aromatic N) is 4. The summed E-state index contributed by atoms with van der Waals surface area (Å²) in [6, 6.07) is 14.9. The molecule has 1 amide bonds. The third kappa shape index (κ3) is 3.97. The van der Waals surface area contributed by atoms with E-state index >= 15 is 0 Å². The van der Waals surface area contributed by atoms with E-state index in [9.17, 15) is 4.79 Å². The van der Waals surface area contributed by atoms with E-state index in [1.165, 1.54) is 6.33 Å². The Kier molecular flexibility index (Phi) is 4.86. The van der Waals surface area contributed by atoms with Gasteiger partial charge in [0.05, 0.1) is 18.2 Å². The summed E-state index contributed by atoms with van der Waals surface area (Å²) < 4.78 is 1.56. The Morgan fingerprint density at radius 3 is 2.50 bits per heavy atom. The maximum Gasteiger partial charge on any atom is 0.224 e. The number of hydrogen-bond acceptors (Lipinski definition) is 4. The molecule has 3 aromatic rings. The highest BCUT2D eigenvalue weighted by atomic mass is 35.5. The van der Waals surface area contributed by atoms with Crippen molar-refractivity contribution in [1.29, 1.82) is 0 Å². The second-order valence-electron chi connectivity index (χ2n) is 5.44. The van der Waals surface area contributed by atoms with Crippen molar-refractivity contribution in [3.8, 4) is 5.69 Å². The van der Waals surface area contributed by atoms with Crippen LogP contribution >= 0.6 is 11.6 Å². The van der Waals surface area contributed by atoms with Gasteiger partial charge in [0.2, 0.25) is 5.91 Å². The number of carbonyl (C=O) groups excluding carboxylic acids is 1. The third-order valence-corrected chi connectivity index (χ3v) is 3.91. The minimum absolute atomic E-state index is 0.0346. The number of hydrogen-bond donors (Lipinski definition) is 1. The van der Waals surface area contributed by atoms with E-state index in [-0.39, 0.29) is 11.9 Å². The molecule has 0 spiro atoms. The van der Waals surface area contributed by atoms with E-state index in [0.29, 0.717) is 11.4 Å². The Morgan fingerprint density at radius 2 is 1.88 bits per heavy atom. The van der Waals surface area contributed by atoms with Gasteiger partial charge >= 0.3 is 0 Å². The van der Waals surface area contributed by atoms with Crippen LogP contribution in [-0.4, -0.2) is 26.1 Å². The molecule has 24 heavy (non-hydrogen) atoms. The monoisotopic (exact) mass is 341 g/mol. The summed E-state index contributed by atoms with van der Waals surface area (Å²) in [7, 11) is 0. The maximum atomic E-state index is 12.2. The topological polar surface area (TPSA) is 72.7 Å². The molecule has 0 aliphatic carbocycles. The van der Waals surface area contributed by atoms with Crippen LogP contribution in [0.25, 0.3) is 5.69 Å². The number of carbonyl (C=O) groups is 1. The van der Waals surface area contributed by atoms with Gasteiger partial charge in [0, 0.05) is 5.02 Å². The molecule has 0 unspecified atom stereocenters. The Hall–Kier alpha value is -2.73. The SMILES string of the molecule is C[C@@H](NC(=O)Cc1ccc(-n2cnnn2)cc1)c1ccc(Cl)cc1. The number of nitrogens with one attached hydrogen (secondary N) is 1. The number of aromatic nitrogens is 4. The summed E-state index contributed by atoms with van der Waals surface area (Å²) in [6.07, 6.45) is 1.84. The molecule has 0 radical (unpaired) electrons. The van der Waals surface area contributed by atoms with Crippen LogP contribution in [0.5, 0.6) is 0 Å². The van der Waals surface area contributed by atoms with Gasteiger partial charge in [-0.3, -0.25) is 4.79 Å². The quantitative estimate of drug-likeness (QED) is 0.774. The fourth-order valence-corrected chi connectivity index (χ4v) is 2.48. The highest BCUT2D eigenvalue weighted by molar-refractivity contribution is 6.30. The average molecular weight is 342 g/mol. The van der Waals surface area contributed by atoms with Crippen molar-refractivity contribution in [1.82, 2.24) is 25.5 Å². The molecule has 1 heterocycles. The Balaban J connectivity index is 1.59. The number of tetrazole rings is 1. The molecule has 0 fully saturated rings. The van der Waals surface area contributed by atoms with Crippen LogP contribution < -0.4 is 5.32 Å². The summed E-state index contributed by atoms with van der Waals surface area (Å²) in [6.45, 7) is 1.95. The molecule has 3 rings (SSSR count). The molecule has 0 saturated carbocycles. The molecule has 6 nitrogen and oxygen atoms in total. The zero-order valence-electron chi connectivity index (χ0n) is 13.1. The molecule has 0 saturated heterocycles. The number of amides is 1. The lowest BCUT2D eigenvalue weighted by Crippen LogP contribution is -2.28. The summed E-state index contributed by atoms with van der Waals surface area (Å²) in [5, 5.41) is 14.7.